The van der Waals surface area contributed by atoms with Gasteiger partial charge in [-0.3, -0.25) is 0 Å². The van der Waals surface area contributed by atoms with E-state index in [4.69, 9.17) is 13.9 Å². The van der Waals surface area contributed by atoms with Gasteiger partial charge in [0.05, 0.1) is 6.61 Å². The monoisotopic (exact) mass is 430 g/mol. The molecule has 0 aliphatic rings. The van der Waals surface area contributed by atoms with Gasteiger partial charge in [0.2, 0.25) is 0 Å². The number of fused-ring (bicyclic) bond motifs is 1. The highest BCUT2D eigenvalue weighted by Crippen LogP contribution is 2.36. The van der Waals surface area contributed by atoms with Gasteiger partial charge in [0, 0.05) is 15.3 Å². The maximum absolute atomic E-state index is 12.6. The lowest BCUT2D eigenvalue weighted by atomic mass is 9.89. The van der Waals surface area contributed by atoms with Crippen molar-refractivity contribution in [3.63, 3.8) is 0 Å². The zero-order chi connectivity index (χ0) is 19.6. The van der Waals surface area contributed by atoms with Crippen LogP contribution in [0.3, 0.4) is 0 Å². The average Bonchev–Trinajstić information content (AvgIpc) is 3.00. The van der Waals surface area contributed by atoms with Crippen LogP contribution in [0.5, 0.6) is 5.75 Å². The molecule has 142 valence electrons. The molecule has 1 heterocycles. The van der Waals surface area contributed by atoms with E-state index in [1.54, 1.807) is 6.92 Å². The number of hydrogen-bond acceptors (Lipinski definition) is 4. The first-order valence-corrected chi connectivity index (χ1v) is 9.70. The van der Waals surface area contributed by atoms with E-state index in [2.05, 4.69) is 15.9 Å². The normalized spacial score (nSPS) is 11.6. The maximum atomic E-state index is 12.6. The number of benzene rings is 2. The summed E-state index contributed by atoms with van der Waals surface area (Å²) in [7, 11) is 0. The molecule has 0 unspecified atom stereocenters. The molecule has 0 bridgehead atoms. The molecule has 0 aliphatic heterocycles. The minimum atomic E-state index is -0.369. The summed E-state index contributed by atoms with van der Waals surface area (Å²) in [6.45, 7) is 8.59. The molecule has 1 aromatic heterocycles. The van der Waals surface area contributed by atoms with Crippen LogP contribution in [-0.2, 0) is 16.8 Å². The summed E-state index contributed by atoms with van der Waals surface area (Å²) in [5, 5.41) is 0.715. The third-order valence-corrected chi connectivity index (χ3v) is 4.67. The van der Waals surface area contributed by atoms with Crippen molar-refractivity contribution >= 4 is 32.9 Å². The lowest BCUT2D eigenvalue weighted by molar-refractivity contribution is 0.0523. The van der Waals surface area contributed by atoms with E-state index in [9.17, 15) is 4.79 Å². The van der Waals surface area contributed by atoms with Crippen LogP contribution in [0.15, 0.2) is 51.4 Å². The molecule has 2 aromatic carbocycles. The highest BCUT2D eigenvalue weighted by Gasteiger charge is 2.30. The number of carbonyl (C=O) groups is 1. The zero-order valence-corrected chi connectivity index (χ0v) is 17.6. The van der Waals surface area contributed by atoms with Crippen LogP contribution in [0.25, 0.3) is 11.0 Å². The third kappa shape index (κ3) is 4.35. The second-order valence-electron chi connectivity index (χ2n) is 7.35. The predicted octanol–water partition coefficient (Wildman–Crippen LogP) is 6.25. The molecule has 0 saturated heterocycles. The van der Waals surface area contributed by atoms with Crippen LogP contribution in [0.2, 0.25) is 0 Å². The van der Waals surface area contributed by atoms with Crippen LogP contribution in [0.1, 0.15) is 49.4 Å². The Bertz CT molecular complexity index is 949. The van der Waals surface area contributed by atoms with E-state index in [0.29, 0.717) is 41.3 Å². The predicted molar refractivity (Wildman–Crippen MR) is 109 cm³/mol. The van der Waals surface area contributed by atoms with Crippen molar-refractivity contribution in [2.24, 2.45) is 0 Å². The number of esters is 1. The minimum Gasteiger partial charge on any atom is -0.489 e. The van der Waals surface area contributed by atoms with Crippen molar-refractivity contribution < 1.29 is 18.7 Å². The van der Waals surface area contributed by atoms with Gasteiger partial charge in [-0.1, -0.05) is 48.8 Å². The number of rotatable bonds is 5. The van der Waals surface area contributed by atoms with E-state index in [0.717, 1.165) is 10.0 Å². The molecule has 0 atom stereocenters. The second kappa shape index (κ2) is 7.77. The molecule has 0 N–H and O–H groups in total. The van der Waals surface area contributed by atoms with Crippen LogP contribution in [-0.4, -0.2) is 12.6 Å². The Morgan fingerprint density at radius 3 is 2.44 bits per heavy atom. The highest BCUT2D eigenvalue weighted by atomic mass is 79.9. The first kappa shape index (κ1) is 19.5. The molecular weight excluding hydrogens is 408 g/mol. The van der Waals surface area contributed by atoms with Crippen molar-refractivity contribution in [2.45, 2.75) is 39.7 Å². The molecule has 0 amide bonds. The summed E-state index contributed by atoms with van der Waals surface area (Å²) < 4.78 is 18.2. The van der Waals surface area contributed by atoms with Gasteiger partial charge in [0.25, 0.3) is 0 Å². The lowest BCUT2D eigenvalue weighted by Gasteiger charge is -2.16. The molecule has 3 aromatic rings. The zero-order valence-electron chi connectivity index (χ0n) is 16.0. The van der Waals surface area contributed by atoms with E-state index in [-0.39, 0.29) is 11.4 Å². The van der Waals surface area contributed by atoms with Crippen LogP contribution in [0, 0.1) is 0 Å². The quantitative estimate of drug-likeness (QED) is 0.448. The lowest BCUT2D eigenvalue weighted by Crippen LogP contribution is -2.16. The number of furan rings is 1. The Morgan fingerprint density at radius 1 is 1.11 bits per heavy atom. The number of ether oxygens (including phenoxy) is 2. The Balaban J connectivity index is 1.96. The summed E-state index contributed by atoms with van der Waals surface area (Å²) >= 11 is 3.43. The van der Waals surface area contributed by atoms with Gasteiger partial charge in [-0.15, -0.1) is 0 Å². The van der Waals surface area contributed by atoms with E-state index in [1.165, 1.54) is 0 Å². The Kier molecular flexibility index (Phi) is 5.61. The van der Waals surface area contributed by atoms with Crippen LogP contribution in [0.4, 0.5) is 0 Å². The highest BCUT2D eigenvalue weighted by molar-refractivity contribution is 9.10. The summed E-state index contributed by atoms with van der Waals surface area (Å²) in [4.78, 5) is 12.6. The van der Waals surface area contributed by atoms with Gasteiger partial charge < -0.3 is 13.9 Å². The fourth-order valence-electron chi connectivity index (χ4n) is 2.85. The number of carbonyl (C=O) groups excluding carboxylic acids is 1. The van der Waals surface area contributed by atoms with E-state index >= 15 is 0 Å². The molecule has 5 heteroatoms. The van der Waals surface area contributed by atoms with Gasteiger partial charge >= 0.3 is 5.97 Å². The molecule has 27 heavy (non-hydrogen) atoms. The van der Waals surface area contributed by atoms with Gasteiger partial charge in [-0.2, -0.15) is 0 Å². The van der Waals surface area contributed by atoms with E-state index < -0.39 is 0 Å². The van der Waals surface area contributed by atoms with Gasteiger partial charge in [0.1, 0.15) is 29.3 Å². The van der Waals surface area contributed by atoms with Gasteiger partial charge in [-0.05, 0) is 42.8 Å². The standard InChI is InChI=1S/C22H23BrO4/c1-5-25-21(24)19-17-12-16(26-13-14-6-8-15(23)9-7-14)10-11-18(17)27-20(19)22(2,3)4/h6-12H,5,13H2,1-4H3. The maximum Gasteiger partial charge on any atom is 0.342 e. The average molecular weight is 431 g/mol. The number of halogens is 1. The third-order valence-electron chi connectivity index (χ3n) is 4.14. The Morgan fingerprint density at radius 2 is 1.81 bits per heavy atom. The molecule has 0 aliphatic carbocycles. The Hall–Kier alpha value is -2.27. The minimum absolute atomic E-state index is 0.314. The van der Waals surface area contributed by atoms with Crippen LogP contribution >= 0.6 is 15.9 Å². The molecule has 0 fully saturated rings. The topological polar surface area (TPSA) is 48.7 Å². The molecule has 3 rings (SSSR count). The number of hydrogen-bond donors (Lipinski definition) is 0. The smallest absolute Gasteiger partial charge is 0.342 e. The first-order chi connectivity index (χ1) is 12.8. The largest absolute Gasteiger partial charge is 0.489 e. The van der Waals surface area contributed by atoms with Crippen molar-refractivity contribution in [2.75, 3.05) is 6.61 Å². The molecule has 4 nitrogen and oxygen atoms in total. The van der Waals surface area contributed by atoms with Gasteiger partial charge in [-0.25, -0.2) is 4.79 Å². The fraction of sp³-hybridized carbons (Fsp3) is 0.318. The SMILES string of the molecule is CCOC(=O)c1c(C(C)(C)C)oc2ccc(OCc3ccc(Br)cc3)cc12. The molecule has 0 saturated carbocycles. The summed E-state index contributed by atoms with van der Waals surface area (Å²) in [5.74, 6) is 0.935. The summed E-state index contributed by atoms with van der Waals surface area (Å²) in [6.07, 6.45) is 0. The van der Waals surface area contributed by atoms with E-state index in [1.807, 2.05) is 63.2 Å². The molecule has 0 radical (unpaired) electrons. The van der Waals surface area contributed by atoms with Crippen LogP contribution < -0.4 is 4.74 Å². The van der Waals surface area contributed by atoms with Crippen molar-refractivity contribution in [3.05, 3.63) is 63.8 Å². The molecule has 0 spiro atoms. The second-order valence-corrected chi connectivity index (χ2v) is 8.27. The summed E-state index contributed by atoms with van der Waals surface area (Å²) in [6, 6.07) is 13.5. The first-order valence-electron chi connectivity index (χ1n) is 8.91. The van der Waals surface area contributed by atoms with Crippen molar-refractivity contribution in [3.8, 4) is 5.75 Å². The van der Waals surface area contributed by atoms with Crippen molar-refractivity contribution in [1.82, 2.24) is 0 Å². The fourth-order valence-corrected chi connectivity index (χ4v) is 3.11. The Labute approximate surface area is 167 Å². The summed E-state index contributed by atoms with van der Waals surface area (Å²) in [5.41, 5.74) is 1.87. The molecular formula is C22H23BrO4. The van der Waals surface area contributed by atoms with Gasteiger partial charge in [0.15, 0.2) is 0 Å². The van der Waals surface area contributed by atoms with Crippen molar-refractivity contribution in [1.29, 1.82) is 0 Å².